The third-order valence-electron chi connectivity index (χ3n) is 5.06. The molecule has 6 heteroatoms. The number of aromatic nitrogens is 2. The Morgan fingerprint density at radius 3 is 2.50 bits per heavy atom. The van der Waals surface area contributed by atoms with Crippen molar-refractivity contribution in [3.63, 3.8) is 0 Å². The summed E-state index contributed by atoms with van der Waals surface area (Å²) in [6, 6.07) is 13.8. The monoisotopic (exact) mass is 376 g/mol. The molecule has 5 nitrogen and oxygen atoms in total. The SMILES string of the molecule is Nc1ccc(C(=O)N2CCCC2c2ccc(Cc3ccc(F)cc3)cn2)cn1. The van der Waals surface area contributed by atoms with Crippen molar-refractivity contribution in [1.29, 1.82) is 0 Å². The Labute approximate surface area is 163 Å². The fourth-order valence-corrected chi connectivity index (χ4v) is 3.59. The van der Waals surface area contributed by atoms with Crippen LogP contribution in [-0.2, 0) is 6.42 Å². The van der Waals surface area contributed by atoms with Gasteiger partial charge in [0.15, 0.2) is 0 Å². The summed E-state index contributed by atoms with van der Waals surface area (Å²) in [5, 5.41) is 0. The summed E-state index contributed by atoms with van der Waals surface area (Å²) in [6.07, 6.45) is 5.88. The molecule has 2 aromatic heterocycles. The Bertz CT molecular complexity index is 955. The Kier molecular flexibility index (Phi) is 5.02. The topological polar surface area (TPSA) is 72.1 Å². The molecule has 1 aliphatic rings. The van der Waals surface area contributed by atoms with Gasteiger partial charge in [-0.3, -0.25) is 9.78 Å². The molecule has 0 radical (unpaired) electrons. The number of nitrogen functional groups attached to an aromatic ring is 1. The van der Waals surface area contributed by atoms with Gasteiger partial charge < -0.3 is 10.6 Å². The lowest BCUT2D eigenvalue weighted by Gasteiger charge is -2.24. The molecule has 2 N–H and O–H groups in total. The quantitative estimate of drug-likeness (QED) is 0.752. The van der Waals surface area contributed by atoms with Crippen LogP contribution in [0, 0.1) is 5.82 Å². The molecule has 3 aromatic rings. The van der Waals surface area contributed by atoms with Crippen LogP contribution in [0.1, 0.15) is 46.1 Å². The Morgan fingerprint density at radius 1 is 1.04 bits per heavy atom. The van der Waals surface area contributed by atoms with E-state index in [1.165, 1.54) is 18.3 Å². The van der Waals surface area contributed by atoms with E-state index >= 15 is 0 Å². The fraction of sp³-hybridized carbons (Fsp3) is 0.227. The first-order valence-electron chi connectivity index (χ1n) is 9.32. The summed E-state index contributed by atoms with van der Waals surface area (Å²) in [6.45, 7) is 0.701. The highest BCUT2D eigenvalue weighted by Gasteiger charge is 2.31. The van der Waals surface area contributed by atoms with Crippen LogP contribution in [-0.4, -0.2) is 27.3 Å². The predicted octanol–water partition coefficient (Wildman–Crippen LogP) is 3.77. The van der Waals surface area contributed by atoms with E-state index in [1.54, 1.807) is 24.3 Å². The lowest BCUT2D eigenvalue weighted by Crippen LogP contribution is -2.31. The molecule has 0 spiro atoms. The Hall–Kier alpha value is -3.28. The van der Waals surface area contributed by atoms with Crippen LogP contribution in [0.5, 0.6) is 0 Å². The summed E-state index contributed by atoms with van der Waals surface area (Å²) in [5.41, 5.74) is 9.11. The van der Waals surface area contributed by atoms with Crippen molar-refractivity contribution >= 4 is 11.7 Å². The molecule has 4 rings (SSSR count). The van der Waals surface area contributed by atoms with E-state index in [-0.39, 0.29) is 17.8 Å². The summed E-state index contributed by atoms with van der Waals surface area (Å²) in [7, 11) is 0. The van der Waals surface area contributed by atoms with E-state index in [0.717, 1.165) is 29.7 Å². The van der Waals surface area contributed by atoms with Gasteiger partial charge in [-0.2, -0.15) is 0 Å². The van der Waals surface area contributed by atoms with Crippen molar-refractivity contribution in [2.24, 2.45) is 0 Å². The van der Waals surface area contributed by atoms with Gasteiger partial charge in [-0.05, 0) is 60.7 Å². The first-order valence-corrected chi connectivity index (χ1v) is 9.32. The summed E-state index contributed by atoms with van der Waals surface area (Å²) in [4.78, 5) is 23.3. The Balaban J connectivity index is 1.49. The third kappa shape index (κ3) is 3.86. The van der Waals surface area contributed by atoms with E-state index in [9.17, 15) is 9.18 Å². The molecule has 0 aliphatic carbocycles. The van der Waals surface area contributed by atoms with Gasteiger partial charge in [0.1, 0.15) is 11.6 Å². The van der Waals surface area contributed by atoms with Crippen LogP contribution in [0.25, 0.3) is 0 Å². The molecular weight excluding hydrogens is 355 g/mol. The zero-order chi connectivity index (χ0) is 19.5. The molecule has 1 aromatic carbocycles. The second-order valence-corrected chi connectivity index (χ2v) is 7.02. The van der Waals surface area contributed by atoms with Crippen LogP contribution < -0.4 is 5.73 Å². The van der Waals surface area contributed by atoms with Gasteiger partial charge in [-0.25, -0.2) is 9.37 Å². The average Bonchev–Trinajstić information content (AvgIpc) is 3.20. The number of nitrogens with two attached hydrogens (primary N) is 1. The van der Waals surface area contributed by atoms with Crippen molar-refractivity contribution < 1.29 is 9.18 Å². The molecule has 1 unspecified atom stereocenters. The fourth-order valence-electron chi connectivity index (χ4n) is 3.59. The van der Waals surface area contributed by atoms with Crippen molar-refractivity contribution in [2.75, 3.05) is 12.3 Å². The number of amides is 1. The highest BCUT2D eigenvalue weighted by atomic mass is 19.1. The molecular formula is C22H21FN4O. The number of rotatable bonds is 4. The largest absolute Gasteiger partial charge is 0.384 e. The van der Waals surface area contributed by atoms with Crippen LogP contribution >= 0.6 is 0 Å². The Morgan fingerprint density at radius 2 is 1.82 bits per heavy atom. The van der Waals surface area contributed by atoms with Gasteiger partial charge in [0.25, 0.3) is 5.91 Å². The molecule has 142 valence electrons. The van der Waals surface area contributed by atoms with Crippen LogP contribution in [0.4, 0.5) is 10.2 Å². The van der Waals surface area contributed by atoms with Crippen molar-refractivity contribution in [2.45, 2.75) is 25.3 Å². The first kappa shape index (κ1) is 18.1. The highest BCUT2D eigenvalue weighted by molar-refractivity contribution is 5.94. The number of hydrogen-bond donors (Lipinski definition) is 1. The van der Waals surface area contributed by atoms with Gasteiger partial charge >= 0.3 is 0 Å². The normalized spacial score (nSPS) is 16.3. The number of likely N-dealkylation sites (tertiary alicyclic amines) is 1. The first-order chi connectivity index (χ1) is 13.6. The van der Waals surface area contributed by atoms with Gasteiger partial charge in [-0.1, -0.05) is 18.2 Å². The minimum absolute atomic E-state index is 0.0371. The minimum atomic E-state index is -0.237. The van der Waals surface area contributed by atoms with E-state index in [2.05, 4.69) is 9.97 Å². The lowest BCUT2D eigenvalue weighted by atomic mass is 10.0. The number of pyridine rings is 2. The number of carbonyl (C=O) groups excluding carboxylic acids is 1. The summed E-state index contributed by atoms with van der Waals surface area (Å²) >= 11 is 0. The summed E-state index contributed by atoms with van der Waals surface area (Å²) in [5.74, 6) is 0.111. The van der Waals surface area contributed by atoms with Crippen molar-refractivity contribution in [3.8, 4) is 0 Å². The second kappa shape index (κ2) is 7.76. The highest BCUT2D eigenvalue weighted by Crippen LogP contribution is 2.32. The maximum atomic E-state index is 13.0. The molecule has 1 aliphatic heterocycles. The van der Waals surface area contributed by atoms with Crippen molar-refractivity contribution in [3.05, 3.63) is 89.1 Å². The molecule has 1 atom stereocenters. The van der Waals surface area contributed by atoms with E-state index in [0.29, 0.717) is 24.3 Å². The molecule has 3 heterocycles. The molecule has 1 fully saturated rings. The molecule has 0 saturated carbocycles. The van der Waals surface area contributed by atoms with Gasteiger partial charge in [0.05, 0.1) is 17.3 Å². The number of nitrogens with zero attached hydrogens (tertiary/aromatic N) is 3. The standard InChI is InChI=1S/C22H21FN4O/c23-18-7-3-15(4-8-18)12-16-5-9-19(25-13-16)20-2-1-11-27(20)22(28)17-6-10-21(24)26-14-17/h3-10,13-14,20H,1-2,11-12H2,(H2,24,26). The zero-order valence-electron chi connectivity index (χ0n) is 15.4. The van der Waals surface area contributed by atoms with Gasteiger partial charge in [-0.15, -0.1) is 0 Å². The molecule has 28 heavy (non-hydrogen) atoms. The molecule has 1 saturated heterocycles. The maximum absolute atomic E-state index is 13.0. The van der Waals surface area contributed by atoms with E-state index < -0.39 is 0 Å². The van der Waals surface area contributed by atoms with Crippen molar-refractivity contribution in [1.82, 2.24) is 14.9 Å². The smallest absolute Gasteiger partial charge is 0.255 e. The number of halogens is 1. The third-order valence-corrected chi connectivity index (χ3v) is 5.06. The van der Waals surface area contributed by atoms with Crippen LogP contribution in [0.15, 0.2) is 60.9 Å². The molecule has 0 bridgehead atoms. The summed E-state index contributed by atoms with van der Waals surface area (Å²) < 4.78 is 13.0. The number of hydrogen-bond acceptors (Lipinski definition) is 4. The van der Waals surface area contributed by atoms with Crippen LogP contribution in [0.3, 0.4) is 0 Å². The van der Waals surface area contributed by atoms with Gasteiger partial charge in [0.2, 0.25) is 0 Å². The number of anilines is 1. The van der Waals surface area contributed by atoms with Gasteiger partial charge in [0, 0.05) is 18.9 Å². The van der Waals surface area contributed by atoms with E-state index in [4.69, 9.17) is 5.73 Å². The second-order valence-electron chi connectivity index (χ2n) is 7.02. The molecule has 1 amide bonds. The maximum Gasteiger partial charge on any atom is 0.255 e. The number of benzene rings is 1. The lowest BCUT2D eigenvalue weighted by molar-refractivity contribution is 0.0732. The van der Waals surface area contributed by atoms with Crippen LogP contribution in [0.2, 0.25) is 0 Å². The minimum Gasteiger partial charge on any atom is -0.384 e. The zero-order valence-corrected chi connectivity index (χ0v) is 15.4. The average molecular weight is 376 g/mol. The predicted molar refractivity (Wildman–Crippen MR) is 105 cm³/mol. The van der Waals surface area contributed by atoms with E-state index in [1.807, 2.05) is 23.2 Å². The number of carbonyl (C=O) groups is 1.